The predicted molar refractivity (Wildman–Crippen MR) is 103 cm³/mol. The molecule has 2 unspecified atom stereocenters. The van der Waals surface area contributed by atoms with Crippen LogP contribution < -0.4 is 0 Å². The molecule has 0 bridgehead atoms. The molecule has 0 aromatic heterocycles. The molecule has 28 heavy (non-hydrogen) atoms. The zero-order valence-corrected chi connectivity index (χ0v) is 16.3. The van der Waals surface area contributed by atoms with Gasteiger partial charge in [-0.25, -0.2) is 8.78 Å². The van der Waals surface area contributed by atoms with E-state index in [1.165, 1.54) is 24.3 Å². The molecule has 0 saturated carbocycles. The summed E-state index contributed by atoms with van der Waals surface area (Å²) >= 11 is 0. The number of halogens is 2. The highest BCUT2D eigenvalue weighted by Gasteiger charge is 2.12. The van der Waals surface area contributed by atoms with Gasteiger partial charge in [-0.05, 0) is 54.2 Å². The number of carboxylic acid groups (broad SMARTS) is 1. The van der Waals surface area contributed by atoms with Crippen molar-refractivity contribution < 1.29 is 28.2 Å². The summed E-state index contributed by atoms with van der Waals surface area (Å²) in [4.78, 5) is 21.6. The van der Waals surface area contributed by atoms with Gasteiger partial charge in [0.2, 0.25) is 0 Å². The van der Waals surface area contributed by atoms with Crippen molar-refractivity contribution >= 4 is 11.9 Å². The Morgan fingerprint density at radius 2 is 1.39 bits per heavy atom. The lowest BCUT2D eigenvalue weighted by molar-refractivity contribution is -0.143. The third-order valence-corrected chi connectivity index (χ3v) is 4.09. The number of benzene rings is 2. The minimum absolute atomic E-state index is 0.0141. The molecule has 0 aliphatic heterocycles. The molecule has 0 saturated heterocycles. The Kier molecular flexibility index (Phi) is 9.85. The molecular weight excluding hydrogens is 366 g/mol. The molecule has 1 N–H and O–H groups in total. The SMILES string of the molecule is CC(CC(=O)O)c1cccc(F)c1.CCOC(=O)CC(C)c1cccc(F)c1. The van der Waals surface area contributed by atoms with Crippen molar-refractivity contribution in [3.05, 3.63) is 71.3 Å². The van der Waals surface area contributed by atoms with E-state index in [1.807, 2.05) is 13.0 Å². The molecular formula is C22H26F2O4. The molecule has 0 fully saturated rings. The van der Waals surface area contributed by atoms with Crippen LogP contribution in [0.4, 0.5) is 8.78 Å². The van der Waals surface area contributed by atoms with Crippen LogP contribution in [0, 0.1) is 11.6 Å². The average Bonchev–Trinajstić information content (AvgIpc) is 2.62. The summed E-state index contributed by atoms with van der Waals surface area (Å²) in [6.07, 6.45) is 0.320. The van der Waals surface area contributed by atoms with Gasteiger partial charge in [-0.2, -0.15) is 0 Å². The first-order valence-electron chi connectivity index (χ1n) is 9.11. The van der Waals surface area contributed by atoms with E-state index in [1.54, 1.807) is 32.0 Å². The molecule has 0 radical (unpaired) electrons. The van der Waals surface area contributed by atoms with Crippen LogP contribution >= 0.6 is 0 Å². The van der Waals surface area contributed by atoms with Crippen molar-refractivity contribution in [1.29, 1.82) is 0 Å². The summed E-state index contributed by atoms with van der Waals surface area (Å²) in [7, 11) is 0. The Balaban J connectivity index is 0.000000283. The van der Waals surface area contributed by atoms with Crippen LogP contribution in [-0.2, 0) is 14.3 Å². The lowest BCUT2D eigenvalue weighted by atomic mass is 9.98. The summed E-state index contributed by atoms with van der Waals surface area (Å²) in [6, 6.07) is 12.3. The van der Waals surface area contributed by atoms with E-state index >= 15 is 0 Å². The van der Waals surface area contributed by atoms with E-state index in [4.69, 9.17) is 9.84 Å². The Morgan fingerprint density at radius 1 is 0.929 bits per heavy atom. The van der Waals surface area contributed by atoms with Crippen LogP contribution in [0.3, 0.4) is 0 Å². The standard InChI is InChI=1S/C12H15FO2.C10H11FO2/c1-3-15-12(14)7-9(2)10-5-4-6-11(13)8-10;1-7(5-10(12)13)8-3-2-4-9(11)6-8/h4-6,8-9H,3,7H2,1-2H3;2-4,6-7H,5H2,1H3,(H,12,13). The van der Waals surface area contributed by atoms with Crippen LogP contribution in [0.25, 0.3) is 0 Å². The third-order valence-electron chi connectivity index (χ3n) is 4.09. The number of carboxylic acids is 1. The lowest BCUT2D eigenvalue weighted by Crippen LogP contribution is -2.08. The Labute approximate surface area is 164 Å². The quantitative estimate of drug-likeness (QED) is 0.651. The van der Waals surface area contributed by atoms with Gasteiger partial charge in [0, 0.05) is 0 Å². The van der Waals surface area contributed by atoms with Crippen LogP contribution in [0.5, 0.6) is 0 Å². The topological polar surface area (TPSA) is 63.6 Å². The first kappa shape index (κ1) is 23.3. The van der Waals surface area contributed by atoms with E-state index in [0.717, 1.165) is 11.1 Å². The summed E-state index contributed by atoms with van der Waals surface area (Å²) in [6.45, 7) is 5.80. The second kappa shape index (κ2) is 11.8. The maximum atomic E-state index is 12.9. The van der Waals surface area contributed by atoms with Gasteiger partial charge in [-0.3, -0.25) is 9.59 Å². The number of hydrogen-bond donors (Lipinski definition) is 1. The van der Waals surface area contributed by atoms with Crippen molar-refractivity contribution in [2.24, 2.45) is 0 Å². The zero-order chi connectivity index (χ0) is 21.1. The fraction of sp³-hybridized carbons (Fsp3) is 0.364. The van der Waals surface area contributed by atoms with Gasteiger partial charge < -0.3 is 9.84 Å². The second-order valence-corrected chi connectivity index (χ2v) is 6.52. The van der Waals surface area contributed by atoms with Crippen molar-refractivity contribution in [2.75, 3.05) is 6.61 Å². The van der Waals surface area contributed by atoms with Crippen molar-refractivity contribution in [2.45, 2.75) is 45.4 Å². The smallest absolute Gasteiger partial charge is 0.306 e. The number of carbonyl (C=O) groups is 2. The fourth-order valence-corrected chi connectivity index (χ4v) is 2.59. The zero-order valence-electron chi connectivity index (χ0n) is 16.3. The van der Waals surface area contributed by atoms with Crippen molar-refractivity contribution in [1.82, 2.24) is 0 Å². The molecule has 6 heteroatoms. The van der Waals surface area contributed by atoms with E-state index < -0.39 is 5.97 Å². The van der Waals surface area contributed by atoms with E-state index in [-0.39, 0.29) is 42.3 Å². The maximum Gasteiger partial charge on any atom is 0.306 e. The molecule has 2 aromatic carbocycles. The number of esters is 1. The van der Waals surface area contributed by atoms with Crippen LogP contribution in [0.2, 0.25) is 0 Å². The van der Waals surface area contributed by atoms with Crippen LogP contribution in [0.15, 0.2) is 48.5 Å². The Morgan fingerprint density at radius 3 is 1.79 bits per heavy atom. The molecule has 2 rings (SSSR count). The van der Waals surface area contributed by atoms with E-state index in [0.29, 0.717) is 6.61 Å². The monoisotopic (exact) mass is 392 g/mol. The highest BCUT2D eigenvalue weighted by Crippen LogP contribution is 2.20. The minimum atomic E-state index is -0.864. The van der Waals surface area contributed by atoms with Crippen molar-refractivity contribution in [3.8, 4) is 0 Å². The maximum absolute atomic E-state index is 12.9. The molecule has 0 heterocycles. The van der Waals surface area contributed by atoms with Crippen molar-refractivity contribution in [3.63, 3.8) is 0 Å². The molecule has 152 valence electrons. The number of hydrogen-bond acceptors (Lipinski definition) is 3. The largest absolute Gasteiger partial charge is 0.481 e. The normalized spacial score (nSPS) is 12.3. The highest BCUT2D eigenvalue weighted by molar-refractivity contribution is 5.70. The second-order valence-electron chi connectivity index (χ2n) is 6.52. The summed E-state index contributed by atoms with van der Waals surface area (Å²) < 4.78 is 30.4. The van der Waals surface area contributed by atoms with E-state index in [2.05, 4.69) is 0 Å². The Bertz CT molecular complexity index is 777. The van der Waals surface area contributed by atoms with Gasteiger partial charge >= 0.3 is 11.9 Å². The van der Waals surface area contributed by atoms with Gasteiger partial charge in [-0.15, -0.1) is 0 Å². The first-order valence-corrected chi connectivity index (χ1v) is 9.11. The number of aliphatic carboxylic acids is 1. The number of ether oxygens (including phenoxy) is 1. The molecule has 0 spiro atoms. The Hall–Kier alpha value is -2.76. The summed E-state index contributed by atoms with van der Waals surface area (Å²) in [5, 5.41) is 8.52. The fourth-order valence-electron chi connectivity index (χ4n) is 2.59. The molecule has 0 aliphatic rings. The van der Waals surface area contributed by atoms with Gasteiger partial charge in [0.1, 0.15) is 11.6 Å². The average molecular weight is 392 g/mol. The highest BCUT2D eigenvalue weighted by atomic mass is 19.1. The molecule has 2 atom stereocenters. The number of carbonyl (C=O) groups excluding carboxylic acids is 1. The summed E-state index contributed by atoms with van der Waals surface area (Å²) in [5.41, 5.74) is 1.55. The predicted octanol–water partition coefficient (Wildman–Crippen LogP) is 5.29. The van der Waals surface area contributed by atoms with Crippen LogP contribution in [-0.4, -0.2) is 23.7 Å². The molecule has 0 aliphatic carbocycles. The van der Waals surface area contributed by atoms with Gasteiger partial charge in [0.15, 0.2) is 0 Å². The van der Waals surface area contributed by atoms with E-state index in [9.17, 15) is 18.4 Å². The molecule has 0 amide bonds. The van der Waals surface area contributed by atoms with Gasteiger partial charge in [0.05, 0.1) is 19.4 Å². The van der Waals surface area contributed by atoms with Gasteiger partial charge in [-0.1, -0.05) is 38.1 Å². The minimum Gasteiger partial charge on any atom is -0.481 e. The lowest BCUT2D eigenvalue weighted by Gasteiger charge is -2.10. The van der Waals surface area contributed by atoms with Crippen LogP contribution in [0.1, 0.15) is 56.6 Å². The number of rotatable bonds is 7. The third kappa shape index (κ3) is 8.75. The van der Waals surface area contributed by atoms with Gasteiger partial charge in [0.25, 0.3) is 0 Å². The molecule has 4 nitrogen and oxygen atoms in total. The first-order chi connectivity index (χ1) is 13.2. The molecule has 2 aromatic rings. The summed E-state index contributed by atoms with van der Waals surface area (Å²) in [5.74, 6) is -1.86.